The predicted molar refractivity (Wildman–Crippen MR) is 135 cm³/mol. The highest BCUT2D eigenvalue weighted by Crippen LogP contribution is 2.33. The molecule has 2 amide bonds. The quantitative estimate of drug-likeness (QED) is 0.368. The third kappa shape index (κ3) is 7.26. The van der Waals surface area contributed by atoms with Crippen molar-refractivity contribution in [1.82, 2.24) is 9.80 Å². The van der Waals surface area contributed by atoms with Crippen LogP contribution in [0.5, 0.6) is 11.5 Å². The van der Waals surface area contributed by atoms with Gasteiger partial charge in [0.15, 0.2) is 11.5 Å². The van der Waals surface area contributed by atoms with Gasteiger partial charge in [-0.1, -0.05) is 32.3 Å². The number of hydrogen-bond acceptors (Lipinski definition) is 6. The average Bonchev–Trinajstić information content (AvgIpc) is 3.63. The molecule has 0 radical (unpaired) electrons. The molecular weight excluding hydrogens is 460 g/mol. The minimum atomic E-state index is -0.123. The van der Waals surface area contributed by atoms with Crippen molar-refractivity contribution in [2.45, 2.75) is 78.0 Å². The average molecular weight is 499 g/mol. The van der Waals surface area contributed by atoms with Crippen molar-refractivity contribution < 1.29 is 28.2 Å². The molecule has 1 aromatic carbocycles. The van der Waals surface area contributed by atoms with Crippen LogP contribution in [0, 0.1) is 6.92 Å². The number of rotatable bonds is 13. The largest absolute Gasteiger partial charge is 0.464 e. The Hall–Kier alpha value is -3.00. The molecule has 2 aliphatic heterocycles. The number of aryl methyl sites for hydroxylation is 1. The Bertz CT molecular complexity index is 1010. The summed E-state index contributed by atoms with van der Waals surface area (Å²) >= 11 is 0. The molecule has 2 aliphatic rings. The lowest BCUT2D eigenvalue weighted by Crippen LogP contribution is -2.45. The summed E-state index contributed by atoms with van der Waals surface area (Å²) in [6.45, 7) is 6.12. The SMILES string of the molecule is CCCCCCC(=O)N(CC(=O)N(Cc1ccc2c(c1)OCO2)Cc1ccc(C)o1)C[C@@H]1CCCO1. The van der Waals surface area contributed by atoms with Crippen LogP contribution >= 0.6 is 0 Å². The normalized spacial score (nSPS) is 16.3. The number of fused-ring (bicyclic) bond motifs is 1. The van der Waals surface area contributed by atoms with Crippen molar-refractivity contribution in [2.24, 2.45) is 0 Å². The van der Waals surface area contributed by atoms with Gasteiger partial charge in [-0.25, -0.2) is 0 Å². The van der Waals surface area contributed by atoms with Crippen molar-refractivity contribution in [3.8, 4) is 11.5 Å². The number of furan rings is 1. The predicted octanol–water partition coefficient (Wildman–Crippen LogP) is 4.82. The first kappa shape index (κ1) is 26.1. The smallest absolute Gasteiger partial charge is 0.242 e. The number of benzene rings is 1. The topological polar surface area (TPSA) is 81.5 Å². The lowest BCUT2D eigenvalue weighted by molar-refractivity contribution is -0.142. The van der Waals surface area contributed by atoms with Gasteiger partial charge < -0.3 is 28.4 Å². The molecule has 1 aromatic heterocycles. The van der Waals surface area contributed by atoms with Gasteiger partial charge in [0.25, 0.3) is 0 Å². The maximum Gasteiger partial charge on any atom is 0.242 e. The molecule has 1 atom stereocenters. The van der Waals surface area contributed by atoms with E-state index >= 15 is 0 Å². The number of carbonyl (C=O) groups excluding carboxylic acids is 2. The molecule has 1 fully saturated rings. The lowest BCUT2D eigenvalue weighted by Gasteiger charge is -2.29. The summed E-state index contributed by atoms with van der Waals surface area (Å²) in [6.07, 6.45) is 6.46. The van der Waals surface area contributed by atoms with Gasteiger partial charge in [-0.3, -0.25) is 9.59 Å². The van der Waals surface area contributed by atoms with Gasteiger partial charge in [0.1, 0.15) is 11.5 Å². The second-order valence-corrected chi connectivity index (χ2v) is 9.67. The molecule has 0 saturated carbocycles. The van der Waals surface area contributed by atoms with Gasteiger partial charge in [0, 0.05) is 26.1 Å². The van der Waals surface area contributed by atoms with Crippen LogP contribution in [-0.2, 0) is 27.4 Å². The van der Waals surface area contributed by atoms with Crippen LogP contribution in [0.25, 0.3) is 0 Å². The molecule has 0 unspecified atom stereocenters. The van der Waals surface area contributed by atoms with Crippen molar-refractivity contribution in [3.63, 3.8) is 0 Å². The maximum absolute atomic E-state index is 13.7. The Morgan fingerprint density at radius 1 is 0.972 bits per heavy atom. The van der Waals surface area contributed by atoms with Gasteiger partial charge in [-0.2, -0.15) is 0 Å². The summed E-state index contributed by atoms with van der Waals surface area (Å²) in [6, 6.07) is 9.48. The molecule has 196 valence electrons. The molecule has 8 nitrogen and oxygen atoms in total. The zero-order valence-electron chi connectivity index (χ0n) is 21.5. The van der Waals surface area contributed by atoms with Gasteiger partial charge in [0.2, 0.25) is 18.6 Å². The van der Waals surface area contributed by atoms with Gasteiger partial charge in [-0.05, 0) is 56.0 Å². The van der Waals surface area contributed by atoms with Crippen molar-refractivity contribution >= 4 is 11.8 Å². The molecule has 0 bridgehead atoms. The summed E-state index contributed by atoms with van der Waals surface area (Å²) in [4.78, 5) is 30.2. The van der Waals surface area contributed by atoms with Crippen molar-refractivity contribution in [2.75, 3.05) is 26.5 Å². The fraction of sp³-hybridized carbons (Fsp3) is 0.571. The third-order valence-corrected chi connectivity index (χ3v) is 6.68. The van der Waals surface area contributed by atoms with Crippen molar-refractivity contribution in [3.05, 3.63) is 47.4 Å². The van der Waals surface area contributed by atoms with Crippen molar-refractivity contribution in [1.29, 1.82) is 0 Å². The van der Waals surface area contributed by atoms with Crippen LogP contribution in [0.3, 0.4) is 0 Å². The van der Waals surface area contributed by atoms with Gasteiger partial charge in [0.05, 0.1) is 19.2 Å². The van der Waals surface area contributed by atoms with E-state index in [0.717, 1.165) is 49.8 Å². The number of amides is 2. The fourth-order valence-electron chi connectivity index (χ4n) is 4.66. The van der Waals surface area contributed by atoms with E-state index in [0.29, 0.717) is 49.9 Å². The van der Waals surface area contributed by atoms with E-state index < -0.39 is 0 Å². The van der Waals surface area contributed by atoms with E-state index in [4.69, 9.17) is 18.6 Å². The van der Waals surface area contributed by atoms with Crippen LogP contribution in [0.15, 0.2) is 34.7 Å². The molecule has 36 heavy (non-hydrogen) atoms. The lowest BCUT2D eigenvalue weighted by atomic mass is 10.1. The zero-order valence-corrected chi connectivity index (χ0v) is 21.5. The Morgan fingerprint density at radius 3 is 2.58 bits per heavy atom. The number of hydrogen-bond donors (Lipinski definition) is 0. The minimum absolute atomic E-state index is 0.00701. The maximum atomic E-state index is 13.7. The molecular formula is C28H38N2O6. The van der Waals surface area contributed by atoms with E-state index in [1.54, 1.807) is 9.80 Å². The summed E-state index contributed by atoms with van der Waals surface area (Å²) in [5.41, 5.74) is 0.924. The molecule has 8 heteroatoms. The summed E-state index contributed by atoms with van der Waals surface area (Å²) in [7, 11) is 0. The summed E-state index contributed by atoms with van der Waals surface area (Å²) in [5, 5.41) is 0. The molecule has 1 saturated heterocycles. The molecule has 0 aliphatic carbocycles. The summed E-state index contributed by atoms with van der Waals surface area (Å²) in [5.74, 6) is 2.78. The van der Waals surface area contributed by atoms with E-state index in [2.05, 4.69) is 6.92 Å². The Balaban J connectivity index is 1.47. The van der Waals surface area contributed by atoms with Crippen LogP contribution in [0.2, 0.25) is 0 Å². The molecule has 3 heterocycles. The standard InChI is InChI=1S/C28H38N2O6/c1-3-4-5-6-9-27(31)30(17-23-8-7-14-33-23)19-28(32)29(18-24-12-10-21(2)36-24)16-22-11-13-25-26(15-22)35-20-34-25/h10-13,15,23H,3-9,14,16-20H2,1-2H3/t23-/m0/s1. The molecule has 0 spiro atoms. The van der Waals surface area contributed by atoms with Crippen LogP contribution in [0.4, 0.5) is 0 Å². The number of carbonyl (C=O) groups is 2. The van der Waals surface area contributed by atoms with E-state index in [1.807, 2.05) is 37.3 Å². The fourth-order valence-corrected chi connectivity index (χ4v) is 4.66. The van der Waals surface area contributed by atoms with E-state index in [1.165, 1.54) is 0 Å². The van der Waals surface area contributed by atoms with E-state index in [9.17, 15) is 9.59 Å². The second kappa shape index (κ2) is 12.8. The third-order valence-electron chi connectivity index (χ3n) is 6.68. The molecule has 2 aromatic rings. The van der Waals surface area contributed by atoms with Crippen LogP contribution < -0.4 is 9.47 Å². The minimum Gasteiger partial charge on any atom is -0.464 e. The van der Waals surface area contributed by atoms with Crippen LogP contribution in [-0.4, -0.2) is 54.2 Å². The van der Waals surface area contributed by atoms with Gasteiger partial charge >= 0.3 is 0 Å². The monoisotopic (exact) mass is 498 g/mol. The van der Waals surface area contributed by atoms with E-state index in [-0.39, 0.29) is 31.3 Å². The first-order chi connectivity index (χ1) is 17.5. The summed E-state index contributed by atoms with van der Waals surface area (Å²) < 4.78 is 22.5. The second-order valence-electron chi connectivity index (χ2n) is 9.67. The highest BCUT2D eigenvalue weighted by Gasteiger charge is 2.27. The first-order valence-electron chi connectivity index (χ1n) is 13.1. The van der Waals surface area contributed by atoms with Gasteiger partial charge in [-0.15, -0.1) is 0 Å². The van der Waals surface area contributed by atoms with Crippen LogP contribution in [0.1, 0.15) is 69.0 Å². The number of ether oxygens (including phenoxy) is 3. The zero-order chi connectivity index (χ0) is 25.3. The number of nitrogens with zero attached hydrogens (tertiary/aromatic N) is 2. The molecule has 4 rings (SSSR count). The highest BCUT2D eigenvalue weighted by molar-refractivity contribution is 5.85. The first-order valence-corrected chi connectivity index (χ1v) is 13.1. The molecule has 0 N–H and O–H groups in total. The number of unbranched alkanes of at least 4 members (excludes halogenated alkanes) is 3. The Kier molecular flexibility index (Phi) is 9.28. The Labute approximate surface area is 213 Å². The highest BCUT2D eigenvalue weighted by atomic mass is 16.7. The Morgan fingerprint density at radius 2 is 1.83 bits per heavy atom.